The van der Waals surface area contributed by atoms with Gasteiger partial charge in [0.15, 0.2) is 5.88 Å². The lowest BCUT2D eigenvalue weighted by molar-refractivity contribution is -0.122. The molecule has 1 N–H and O–H groups in total. The molecule has 1 aliphatic rings. The third kappa shape index (κ3) is 3.62. The van der Waals surface area contributed by atoms with Crippen LogP contribution in [0.3, 0.4) is 0 Å². The topological polar surface area (TPSA) is 92.1 Å². The summed E-state index contributed by atoms with van der Waals surface area (Å²) in [4.78, 5) is 40.2. The lowest BCUT2D eigenvalue weighted by Crippen LogP contribution is -2.54. The number of barbiturate groups is 1. The van der Waals surface area contributed by atoms with Gasteiger partial charge in [0.05, 0.1) is 12.8 Å². The number of carbonyl (C=O) groups is 3. The van der Waals surface area contributed by atoms with E-state index in [1.807, 2.05) is 18.7 Å². The highest BCUT2D eigenvalue weighted by molar-refractivity contribution is 6.39. The number of nitrogens with zero attached hydrogens (tertiary/aromatic N) is 2. The van der Waals surface area contributed by atoms with Crippen molar-refractivity contribution in [2.45, 2.75) is 13.8 Å². The Balaban J connectivity index is 1.92. The number of anilines is 2. The first-order valence-electron chi connectivity index (χ1n) is 8.88. The van der Waals surface area contributed by atoms with Gasteiger partial charge in [-0.3, -0.25) is 14.9 Å². The number of hydrogen-bond acceptors (Lipinski definition) is 6. The lowest BCUT2D eigenvalue weighted by Gasteiger charge is -2.26. The molecular formula is C20H21N3O5. The third-order valence-corrected chi connectivity index (χ3v) is 4.41. The SMILES string of the molecule is CCN(CC)c1ccc(/C=C2/C(=O)NC(=O)N(c3ccc(OC)cc3)C2=O)o1. The maximum Gasteiger partial charge on any atom is 0.335 e. The van der Waals surface area contributed by atoms with E-state index in [0.717, 1.165) is 18.0 Å². The van der Waals surface area contributed by atoms with Gasteiger partial charge < -0.3 is 14.1 Å². The monoisotopic (exact) mass is 383 g/mol. The van der Waals surface area contributed by atoms with Gasteiger partial charge in [0.2, 0.25) is 0 Å². The Morgan fingerprint density at radius 3 is 2.36 bits per heavy atom. The number of amides is 4. The summed E-state index contributed by atoms with van der Waals surface area (Å²) in [5.74, 6) is 0.0910. The Hall–Kier alpha value is -3.55. The van der Waals surface area contributed by atoms with E-state index >= 15 is 0 Å². The first-order chi connectivity index (χ1) is 13.5. The number of hydrogen-bond donors (Lipinski definition) is 1. The zero-order chi connectivity index (χ0) is 20.3. The first-order valence-corrected chi connectivity index (χ1v) is 8.88. The zero-order valence-electron chi connectivity index (χ0n) is 15.9. The maximum absolute atomic E-state index is 12.9. The van der Waals surface area contributed by atoms with Gasteiger partial charge in [0, 0.05) is 19.2 Å². The molecule has 1 aromatic heterocycles. The highest BCUT2D eigenvalue weighted by Gasteiger charge is 2.37. The largest absolute Gasteiger partial charge is 0.497 e. The Labute approximate surface area is 162 Å². The Morgan fingerprint density at radius 1 is 1.07 bits per heavy atom. The Kier molecular flexibility index (Phi) is 5.49. The number of methoxy groups -OCH3 is 1. The molecular weight excluding hydrogens is 362 g/mol. The average Bonchev–Trinajstić information content (AvgIpc) is 3.15. The number of urea groups is 1. The molecule has 0 saturated carbocycles. The second kappa shape index (κ2) is 7.99. The van der Waals surface area contributed by atoms with Gasteiger partial charge in [0.25, 0.3) is 11.8 Å². The highest BCUT2D eigenvalue weighted by atomic mass is 16.5. The molecule has 0 spiro atoms. The van der Waals surface area contributed by atoms with E-state index in [2.05, 4.69) is 5.32 Å². The van der Waals surface area contributed by atoms with Crippen LogP contribution in [0, 0.1) is 0 Å². The summed E-state index contributed by atoms with van der Waals surface area (Å²) < 4.78 is 10.8. The van der Waals surface area contributed by atoms with E-state index in [0.29, 0.717) is 23.1 Å². The summed E-state index contributed by atoms with van der Waals surface area (Å²) in [7, 11) is 1.52. The molecule has 4 amide bonds. The zero-order valence-corrected chi connectivity index (χ0v) is 15.9. The molecule has 1 saturated heterocycles. The van der Waals surface area contributed by atoms with E-state index < -0.39 is 17.8 Å². The van der Waals surface area contributed by atoms with Crippen LogP contribution < -0.4 is 19.9 Å². The van der Waals surface area contributed by atoms with Crippen molar-refractivity contribution in [3.63, 3.8) is 0 Å². The van der Waals surface area contributed by atoms with Crippen LogP contribution >= 0.6 is 0 Å². The normalized spacial score (nSPS) is 15.8. The lowest BCUT2D eigenvalue weighted by atomic mass is 10.1. The minimum atomic E-state index is -0.805. The van der Waals surface area contributed by atoms with Gasteiger partial charge in [-0.05, 0) is 50.3 Å². The number of furan rings is 1. The van der Waals surface area contributed by atoms with Crippen molar-refractivity contribution >= 4 is 35.5 Å². The van der Waals surface area contributed by atoms with E-state index in [-0.39, 0.29) is 5.57 Å². The summed E-state index contributed by atoms with van der Waals surface area (Å²) in [6.07, 6.45) is 1.34. The molecule has 0 atom stereocenters. The molecule has 1 aliphatic heterocycles. The molecule has 0 bridgehead atoms. The first kappa shape index (κ1) is 19.2. The van der Waals surface area contributed by atoms with Crippen molar-refractivity contribution < 1.29 is 23.5 Å². The molecule has 1 fully saturated rings. The van der Waals surface area contributed by atoms with Crippen LogP contribution in [0.5, 0.6) is 5.75 Å². The quantitative estimate of drug-likeness (QED) is 0.609. The number of imide groups is 2. The molecule has 0 aliphatic carbocycles. The predicted octanol–water partition coefficient (Wildman–Crippen LogP) is 2.80. The fraction of sp³-hybridized carbons (Fsp3) is 0.250. The van der Waals surface area contributed by atoms with Crippen molar-refractivity contribution in [1.82, 2.24) is 5.32 Å². The van der Waals surface area contributed by atoms with E-state index in [1.165, 1.54) is 13.2 Å². The van der Waals surface area contributed by atoms with Crippen LogP contribution in [-0.2, 0) is 9.59 Å². The van der Waals surface area contributed by atoms with Crippen LogP contribution in [0.2, 0.25) is 0 Å². The van der Waals surface area contributed by atoms with E-state index in [9.17, 15) is 14.4 Å². The molecule has 1 aromatic carbocycles. The fourth-order valence-corrected chi connectivity index (χ4v) is 2.89. The van der Waals surface area contributed by atoms with E-state index in [4.69, 9.17) is 9.15 Å². The number of benzene rings is 1. The van der Waals surface area contributed by atoms with Crippen LogP contribution in [-0.4, -0.2) is 38.0 Å². The Morgan fingerprint density at radius 2 is 1.75 bits per heavy atom. The smallest absolute Gasteiger partial charge is 0.335 e. The van der Waals surface area contributed by atoms with Crippen LogP contribution in [0.15, 0.2) is 46.4 Å². The van der Waals surface area contributed by atoms with Crippen LogP contribution in [0.4, 0.5) is 16.4 Å². The summed E-state index contributed by atoms with van der Waals surface area (Å²) in [6.45, 7) is 5.53. The summed E-state index contributed by atoms with van der Waals surface area (Å²) in [5.41, 5.74) is 0.140. The molecule has 146 valence electrons. The number of nitrogens with one attached hydrogen (secondary N) is 1. The number of rotatable bonds is 6. The van der Waals surface area contributed by atoms with Gasteiger partial charge in [-0.25, -0.2) is 9.69 Å². The van der Waals surface area contributed by atoms with Crippen molar-refractivity contribution in [2.75, 3.05) is 30.0 Å². The summed E-state index contributed by atoms with van der Waals surface area (Å²) in [6, 6.07) is 9.02. The standard InChI is InChI=1S/C20H21N3O5/c1-4-22(5-2)17-11-10-15(28-17)12-16-18(24)21-20(26)23(19(16)25)13-6-8-14(27-3)9-7-13/h6-12H,4-5H2,1-3H3,(H,21,24,26)/b16-12-. The number of ether oxygens (including phenoxy) is 1. The van der Waals surface area contributed by atoms with Crippen molar-refractivity contribution in [3.8, 4) is 5.75 Å². The molecule has 28 heavy (non-hydrogen) atoms. The Bertz CT molecular complexity index is 926. The predicted molar refractivity (Wildman–Crippen MR) is 104 cm³/mol. The van der Waals surface area contributed by atoms with Crippen LogP contribution in [0.25, 0.3) is 6.08 Å². The maximum atomic E-state index is 12.9. The molecule has 2 aromatic rings. The fourth-order valence-electron chi connectivity index (χ4n) is 2.89. The van der Waals surface area contributed by atoms with E-state index in [1.54, 1.807) is 36.4 Å². The second-order valence-electron chi connectivity index (χ2n) is 6.00. The van der Waals surface area contributed by atoms with Crippen LogP contribution in [0.1, 0.15) is 19.6 Å². The van der Waals surface area contributed by atoms with Crippen molar-refractivity contribution in [3.05, 3.63) is 47.7 Å². The molecule has 8 heteroatoms. The molecule has 0 radical (unpaired) electrons. The van der Waals surface area contributed by atoms with Gasteiger partial charge in [-0.2, -0.15) is 0 Å². The summed E-state index contributed by atoms with van der Waals surface area (Å²) >= 11 is 0. The van der Waals surface area contributed by atoms with Gasteiger partial charge in [-0.1, -0.05) is 0 Å². The second-order valence-corrected chi connectivity index (χ2v) is 6.00. The third-order valence-electron chi connectivity index (χ3n) is 4.41. The minimum absolute atomic E-state index is 0.184. The van der Waals surface area contributed by atoms with Crippen molar-refractivity contribution in [2.24, 2.45) is 0 Å². The van der Waals surface area contributed by atoms with Gasteiger partial charge in [0.1, 0.15) is 17.1 Å². The molecule has 2 heterocycles. The summed E-state index contributed by atoms with van der Waals surface area (Å²) in [5, 5.41) is 2.18. The van der Waals surface area contributed by atoms with Gasteiger partial charge >= 0.3 is 6.03 Å². The molecule has 8 nitrogen and oxygen atoms in total. The molecule has 0 unspecified atom stereocenters. The van der Waals surface area contributed by atoms with Gasteiger partial charge in [-0.15, -0.1) is 0 Å². The number of carbonyl (C=O) groups excluding carboxylic acids is 3. The minimum Gasteiger partial charge on any atom is -0.497 e. The molecule has 3 rings (SSSR count). The van der Waals surface area contributed by atoms with Crippen molar-refractivity contribution in [1.29, 1.82) is 0 Å². The average molecular weight is 383 g/mol. The highest BCUT2D eigenvalue weighted by Crippen LogP contribution is 2.25.